The van der Waals surface area contributed by atoms with Gasteiger partial charge < -0.3 is 30.6 Å². The van der Waals surface area contributed by atoms with E-state index in [9.17, 15) is 30.6 Å². The Balaban J connectivity index is 0.000000131. The number of hydrogen-bond acceptors (Lipinski definition) is 6. The van der Waals surface area contributed by atoms with Gasteiger partial charge in [0.2, 0.25) is 0 Å². The highest BCUT2D eigenvalue weighted by Gasteiger charge is 2.27. The SMILES string of the molecule is CC(C)(c1ccc(O)cc1)c1ccc(C(C)(C)c2ccc(O)cc2)cc1.Oc1ccc2cc(-c3ccc4cc(O)ccc4c3)ccc2c1.Oc1ccc2ccccc2c1-c1c(O)ccc2ccccc12. The fraction of sp³-hybridized carbons (Fsp3) is 0.0938. The first-order valence-corrected chi connectivity index (χ1v) is 23.2. The summed E-state index contributed by atoms with van der Waals surface area (Å²) in [7, 11) is 0. The lowest BCUT2D eigenvalue weighted by Crippen LogP contribution is -2.21. The lowest BCUT2D eigenvalue weighted by Gasteiger charge is -2.29. The maximum Gasteiger partial charge on any atom is 0.124 e. The van der Waals surface area contributed by atoms with Crippen LogP contribution in [-0.4, -0.2) is 30.6 Å². The van der Waals surface area contributed by atoms with E-state index in [0.29, 0.717) is 11.1 Å². The molecule has 11 aromatic carbocycles. The van der Waals surface area contributed by atoms with Crippen LogP contribution in [0.2, 0.25) is 0 Å². The molecule has 70 heavy (non-hydrogen) atoms. The van der Waals surface area contributed by atoms with Crippen LogP contribution in [0.5, 0.6) is 34.5 Å². The van der Waals surface area contributed by atoms with Crippen molar-refractivity contribution in [1.29, 1.82) is 0 Å². The first kappa shape index (κ1) is 46.4. The van der Waals surface area contributed by atoms with Crippen molar-refractivity contribution in [2.24, 2.45) is 0 Å². The second-order valence-electron chi connectivity index (χ2n) is 18.8. The van der Waals surface area contributed by atoms with Gasteiger partial charge in [0.05, 0.1) is 0 Å². The molecule has 0 radical (unpaired) electrons. The molecule has 0 amide bonds. The molecule has 0 unspecified atom stereocenters. The van der Waals surface area contributed by atoms with E-state index in [1.807, 2.05) is 109 Å². The Morgan fingerprint density at radius 1 is 0.257 bits per heavy atom. The molecule has 0 aliphatic heterocycles. The van der Waals surface area contributed by atoms with Gasteiger partial charge in [-0.3, -0.25) is 0 Å². The summed E-state index contributed by atoms with van der Waals surface area (Å²) < 4.78 is 0. The summed E-state index contributed by atoms with van der Waals surface area (Å²) in [5.74, 6) is 1.48. The molecule has 6 N–H and O–H groups in total. The van der Waals surface area contributed by atoms with E-state index >= 15 is 0 Å². The molecule has 11 rings (SSSR count). The number of phenols is 6. The van der Waals surface area contributed by atoms with Crippen LogP contribution in [0.25, 0.3) is 65.3 Å². The predicted molar refractivity (Wildman–Crippen MR) is 287 cm³/mol. The van der Waals surface area contributed by atoms with Crippen molar-refractivity contribution >= 4 is 43.1 Å². The van der Waals surface area contributed by atoms with Crippen LogP contribution in [0, 0.1) is 0 Å². The topological polar surface area (TPSA) is 121 Å². The second-order valence-corrected chi connectivity index (χ2v) is 18.8. The molecule has 0 atom stereocenters. The third-order valence-electron chi connectivity index (χ3n) is 13.6. The standard InChI is InChI=1S/C24H26O2.2C20H14O2/c1-23(2,19-9-13-21(25)14-10-19)17-5-7-18(8-6-17)24(3,4)20-11-15-22(26)16-12-20;21-19-7-5-15-9-13(1-3-17(15)11-19)14-2-4-18-12-20(22)8-6-16(18)10-14;21-17-11-9-13-5-1-3-7-15(13)19(17)20-16-8-4-2-6-14(16)10-12-18(20)22/h5-16,25-26H,1-4H3;2*1-12,21-22H. The fourth-order valence-corrected chi connectivity index (χ4v) is 9.26. The van der Waals surface area contributed by atoms with E-state index in [-0.39, 0.29) is 45.3 Å². The number of hydrogen-bond donors (Lipinski definition) is 6. The van der Waals surface area contributed by atoms with Gasteiger partial charge in [0.25, 0.3) is 0 Å². The molecule has 6 nitrogen and oxygen atoms in total. The summed E-state index contributed by atoms with van der Waals surface area (Å²) in [6.07, 6.45) is 0. The highest BCUT2D eigenvalue weighted by Crippen LogP contribution is 2.44. The Kier molecular flexibility index (Phi) is 12.7. The van der Waals surface area contributed by atoms with Gasteiger partial charge in [-0.15, -0.1) is 0 Å². The normalized spacial score (nSPS) is 11.5. The van der Waals surface area contributed by atoms with Crippen LogP contribution in [0.3, 0.4) is 0 Å². The molecule has 0 fully saturated rings. The minimum Gasteiger partial charge on any atom is -0.508 e. The first-order chi connectivity index (χ1) is 33.6. The second kappa shape index (κ2) is 19.1. The maximum absolute atomic E-state index is 10.4. The van der Waals surface area contributed by atoms with Gasteiger partial charge in [0.15, 0.2) is 0 Å². The van der Waals surface area contributed by atoms with Crippen molar-refractivity contribution in [3.63, 3.8) is 0 Å². The molecule has 0 heterocycles. The molecular formula is C64H54O6. The van der Waals surface area contributed by atoms with Crippen LogP contribution in [0.15, 0.2) is 218 Å². The third-order valence-corrected chi connectivity index (χ3v) is 13.6. The van der Waals surface area contributed by atoms with E-state index in [1.165, 1.54) is 22.3 Å². The largest absolute Gasteiger partial charge is 0.508 e. The fourth-order valence-electron chi connectivity index (χ4n) is 9.26. The van der Waals surface area contributed by atoms with Crippen molar-refractivity contribution in [2.45, 2.75) is 38.5 Å². The van der Waals surface area contributed by atoms with Crippen LogP contribution < -0.4 is 0 Å². The molecule has 0 saturated carbocycles. The number of fused-ring (bicyclic) bond motifs is 4. The summed E-state index contributed by atoms with van der Waals surface area (Å²) in [5.41, 5.74) is 8.12. The minimum absolute atomic E-state index is 0.144. The van der Waals surface area contributed by atoms with E-state index in [0.717, 1.165) is 54.2 Å². The molecule has 0 aliphatic carbocycles. The number of benzene rings is 11. The lowest BCUT2D eigenvalue weighted by atomic mass is 9.74. The minimum atomic E-state index is -0.144. The van der Waals surface area contributed by atoms with E-state index < -0.39 is 0 Å². The number of rotatable bonds is 6. The average Bonchev–Trinajstić information content (AvgIpc) is 3.37. The highest BCUT2D eigenvalue weighted by atomic mass is 16.3. The summed E-state index contributed by atoms with van der Waals surface area (Å²) in [5, 5.41) is 67.2. The molecule has 11 aromatic rings. The summed E-state index contributed by atoms with van der Waals surface area (Å²) in [6.45, 7) is 8.78. The Labute approximate surface area is 407 Å². The van der Waals surface area contributed by atoms with Crippen molar-refractivity contribution in [2.75, 3.05) is 0 Å². The molecule has 0 bridgehead atoms. The van der Waals surface area contributed by atoms with E-state index in [4.69, 9.17) is 0 Å². The van der Waals surface area contributed by atoms with E-state index in [2.05, 4.69) is 76.2 Å². The molecule has 6 heteroatoms. The Hall–Kier alpha value is -8.74. The zero-order valence-corrected chi connectivity index (χ0v) is 39.5. The molecule has 346 valence electrons. The molecule has 0 aromatic heterocycles. The quantitative estimate of drug-likeness (QED) is 0.0988. The van der Waals surface area contributed by atoms with Gasteiger partial charge in [0, 0.05) is 22.0 Å². The first-order valence-electron chi connectivity index (χ1n) is 23.2. The van der Waals surface area contributed by atoms with Gasteiger partial charge in [-0.05, 0) is 149 Å². The van der Waals surface area contributed by atoms with Crippen LogP contribution >= 0.6 is 0 Å². The summed E-state index contributed by atoms with van der Waals surface area (Å²) in [6, 6.07) is 69.6. The molecular weight excluding hydrogens is 865 g/mol. The highest BCUT2D eigenvalue weighted by molar-refractivity contribution is 6.09. The lowest BCUT2D eigenvalue weighted by molar-refractivity contribution is 0.470. The van der Waals surface area contributed by atoms with Gasteiger partial charge in [-0.1, -0.05) is 173 Å². The van der Waals surface area contributed by atoms with Crippen molar-refractivity contribution < 1.29 is 30.6 Å². The smallest absolute Gasteiger partial charge is 0.124 e. The zero-order chi connectivity index (χ0) is 49.2. The van der Waals surface area contributed by atoms with Crippen LogP contribution in [0.4, 0.5) is 0 Å². The van der Waals surface area contributed by atoms with Crippen molar-refractivity contribution in [3.05, 3.63) is 241 Å². The molecule has 0 aliphatic rings. The van der Waals surface area contributed by atoms with Gasteiger partial charge in [-0.2, -0.15) is 0 Å². The zero-order valence-electron chi connectivity index (χ0n) is 39.5. The Bertz CT molecular complexity index is 3410. The molecule has 0 saturated heterocycles. The van der Waals surface area contributed by atoms with Gasteiger partial charge >= 0.3 is 0 Å². The van der Waals surface area contributed by atoms with Crippen molar-refractivity contribution in [3.8, 4) is 56.8 Å². The Morgan fingerprint density at radius 3 is 0.914 bits per heavy atom. The third kappa shape index (κ3) is 9.53. The summed E-state index contributed by atoms with van der Waals surface area (Å²) in [4.78, 5) is 0. The predicted octanol–water partition coefficient (Wildman–Crippen LogP) is 15.9. The number of phenolic OH excluding ortho intramolecular Hbond substituents is 6. The Morgan fingerprint density at radius 2 is 0.543 bits per heavy atom. The maximum atomic E-state index is 10.4. The van der Waals surface area contributed by atoms with Crippen LogP contribution in [0.1, 0.15) is 49.9 Å². The molecule has 0 spiro atoms. The van der Waals surface area contributed by atoms with Gasteiger partial charge in [0.1, 0.15) is 34.5 Å². The monoisotopic (exact) mass is 918 g/mol. The van der Waals surface area contributed by atoms with Crippen LogP contribution in [-0.2, 0) is 10.8 Å². The summed E-state index contributed by atoms with van der Waals surface area (Å²) >= 11 is 0. The van der Waals surface area contributed by atoms with E-state index in [1.54, 1.807) is 60.7 Å². The van der Waals surface area contributed by atoms with Gasteiger partial charge in [-0.25, -0.2) is 0 Å². The van der Waals surface area contributed by atoms with Crippen molar-refractivity contribution in [1.82, 2.24) is 0 Å². The number of aromatic hydroxyl groups is 6. The average molecular weight is 919 g/mol.